The van der Waals surface area contributed by atoms with E-state index in [1.54, 1.807) is 53.9 Å². The predicted molar refractivity (Wildman–Crippen MR) is 165 cm³/mol. The number of aromatic nitrogens is 1. The number of anilines is 2. The lowest BCUT2D eigenvalue weighted by Crippen LogP contribution is -2.47. The van der Waals surface area contributed by atoms with Crippen molar-refractivity contribution in [2.45, 2.75) is 90.5 Å². The van der Waals surface area contributed by atoms with Crippen LogP contribution in [0.1, 0.15) is 76.8 Å². The summed E-state index contributed by atoms with van der Waals surface area (Å²) in [6, 6.07) is 11.3. The first-order valence-electron chi connectivity index (χ1n) is 14.4. The fourth-order valence-corrected chi connectivity index (χ4v) is 5.91. The summed E-state index contributed by atoms with van der Waals surface area (Å²) in [6.07, 6.45) is 3.96. The molecule has 0 atom stereocenters. The molecule has 0 radical (unpaired) electrons. The van der Waals surface area contributed by atoms with Gasteiger partial charge in [-0.05, 0) is 84.6 Å². The molecule has 43 heavy (non-hydrogen) atoms. The topological polar surface area (TPSA) is 125 Å². The molecule has 12 heteroatoms. The van der Waals surface area contributed by atoms with Gasteiger partial charge in [-0.1, -0.05) is 18.2 Å². The second-order valence-corrected chi connectivity index (χ2v) is 13.0. The summed E-state index contributed by atoms with van der Waals surface area (Å²) >= 11 is 1.56. The van der Waals surface area contributed by atoms with Gasteiger partial charge in [0.25, 0.3) is 0 Å². The average Bonchev–Trinajstić information content (AvgIpc) is 3.42. The number of carbonyl (C=O) groups is 2. The van der Waals surface area contributed by atoms with Gasteiger partial charge in [0.15, 0.2) is 0 Å². The summed E-state index contributed by atoms with van der Waals surface area (Å²) in [7, 11) is 0. The molecule has 1 saturated carbocycles. The molecule has 4 N–H and O–H groups in total. The first-order valence-corrected chi connectivity index (χ1v) is 15.2. The molecule has 1 fully saturated rings. The molecule has 0 bridgehead atoms. The minimum Gasteiger partial charge on any atom is -0.447 e. The molecule has 0 unspecified atom stereocenters. The maximum atomic E-state index is 13.9. The molecule has 3 aromatic rings. The second kappa shape index (κ2) is 14.2. The number of benzene rings is 2. The fourth-order valence-electron chi connectivity index (χ4n) is 4.78. The highest BCUT2D eigenvalue weighted by Gasteiger charge is 2.27. The first kappa shape index (κ1) is 32.2. The normalized spacial score (nSPS) is 16.9. The van der Waals surface area contributed by atoms with Gasteiger partial charge >= 0.3 is 12.2 Å². The molecule has 2 aromatic carbocycles. The molecule has 0 aliphatic heterocycles. The van der Waals surface area contributed by atoms with E-state index in [0.717, 1.165) is 46.3 Å². The van der Waals surface area contributed by atoms with Crippen LogP contribution in [0.5, 0.6) is 0 Å². The Kier molecular flexibility index (Phi) is 10.6. The lowest BCUT2D eigenvalue weighted by atomic mass is 9.86. The summed E-state index contributed by atoms with van der Waals surface area (Å²) in [5.41, 5.74) is 4.36. The number of nitrogens with one attached hydrogen (secondary N) is 3. The molecule has 0 saturated heterocycles. The molecular weight excluding hydrogens is 573 g/mol. The van der Waals surface area contributed by atoms with Crippen LogP contribution in [0, 0.1) is 5.82 Å². The highest BCUT2D eigenvalue weighted by atomic mass is 32.1. The third-order valence-corrected chi connectivity index (χ3v) is 7.95. The zero-order chi connectivity index (χ0) is 31.1. The lowest BCUT2D eigenvalue weighted by molar-refractivity contribution is 0.109. The van der Waals surface area contributed by atoms with Crippen molar-refractivity contribution in [1.82, 2.24) is 15.7 Å². The number of nitrogens with zero attached hydrogens (tertiary/aromatic N) is 2. The maximum absolute atomic E-state index is 13.9. The van der Waals surface area contributed by atoms with Crippen LogP contribution in [0.4, 0.5) is 25.4 Å². The smallest absolute Gasteiger partial charge is 0.411 e. The van der Waals surface area contributed by atoms with Gasteiger partial charge in [0.2, 0.25) is 0 Å². The van der Waals surface area contributed by atoms with Crippen molar-refractivity contribution in [2.75, 3.05) is 10.5 Å². The Hall–Kier alpha value is -3.74. The Balaban J connectivity index is 1.46. The monoisotopic (exact) mass is 613 g/mol. The van der Waals surface area contributed by atoms with Gasteiger partial charge in [0.1, 0.15) is 12.4 Å². The molecule has 0 spiro atoms. The molecule has 2 amide bonds. The largest absolute Gasteiger partial charge is 0.447 e. The minimum absolute atomic E-state index is 0.0819. The van der Waals surface area contributed by atoms with E-state index in [1.165, 1.54) is 6.07 Å². The van der Waals surface area contributed by atoms with Crippen molar-refractivity contribution in [3.8, 4) is 10.4 Å². The number of hydrazine groups is 1. The molecule has 1 aromatic heterocycles. The molecule has 232 valence electrons. The third-order valence-electron chi connectivity index (χ3n) is 6.76. The van der Waals surface area contributed by atoms with E-state index in [1.807, 2.05) is 34.6 Å². The number of thiazole rings is 1. The lowest BCUT2D eigenvalue weighted by Gasteiger charge is -2.29. The van der Waals surface area contributed by atoms with Crippen LogP contribution in [0.15, 0.2) is 48.7 Å². The van der Waals surface area contributed by atoms with E-state index < -0.39 is 17.4 Å². The van der Waals surface area contributed by atoms with Crippen LogP contribution in [0.25, 0.3) is 10.4 Å². The quantitative estimate of drug-likeness (QED) is 0.185. The first-order chi connectivity index (χ1) is 20.4. The minimum atomic E-state index is -0.752. The summed E-state index contributed by atoms with van der Waals surface area (Å²) in [5.74, 6) is -0.185. The second-order valence-electron chi connectivity index (χ2n) is 11.9. The van der Waals surface area contributed by atoms with Crippen molar-refractivity contribution >= 4 is 34.9 Å². The van der Waals surface area contributed by atoms with E-state index in [0.29, 0.717) is 11.4 Å². The van der Waals surface area contributed by atoms with Crippen molar-refractivity contribution in [2.24, 2.45) is 0 Å². The van der Waals surface area contributed by atoms with E-state index in [2.05, 4.69) is 16.1 Å². The van der Waals surface area contributed by atoms with Gasteiger partial charge in [0.05, 0.1) is 21.7 Å². The summed E-state index contributed by atoms with van der Waals surface area (Å²) in [5, 5.41) is 18.6. The van der Waals surface area contributed by atoms with Crippen molar-refractivity contribution in [3.05, 3.63) is 65.0 Å². The molecule has 1 heterocycles. The Labute approximate surface area is 255 Å². The van der Waals surface area contributed by atoms with Crippen LogP contribution in [-0.4, -0.2) is 40.1 Å². The van der Waals surface area contributed by atoms with E-state index in [4.69, 9.17) is 14.5 Å². The number of halogens is 1. The number of hydrogen-bond acceptors (Lipinski definition) is 9. The van der Waals surface area contributed by atoms with Crippen molar-refractivity contribution in [3.63, 3.8) is 0 Å². The predicted octanol–water partition coefficient (Wildman–Crippen LogP) is 7.36. The SMILES string of the molecule is CC(C)OC(=O)NC1CCC(c2ncc(-c3ccc(NC(=O)OCc4ccccc4F)cc3N(O)NC(C)(C)C)s2)CC1. The number of hydrogen-bond donors (Lipinski definition) is 4. The van der Waals surface area contributed by atoms with Crippen LogP contribution in [0.2, 0.25) is 0 Å². The van der Waals surface area contributed by atoms with Crippen LogP contribution >= 0.6 is 11.3 Å². The van der Waals surface area contributed by atoms with Crippen molar-refractivity contribution in [1.29, 1.82) is 0 Å². The highest BCUT2D eigenvalue weighted by molar-refractivity contribution is 7.15. The number of alkyl carbamates (subject to hydrolysis) is 1. The van der Waals surface area contributed by atoms with E-state index >= 15 is 0 Å². The van der Waals surface area contributed by atoms with Gasteiger partial charge in [-0.2, -0.15) is 5.17 Å². The van der Waals surface area contributed by atoms with Gasteiger partial charge < -0.3 is 14.8 Å². The Morgan fingerprint density at radius 1 is 1.12 bits per heavy atom. The zero-order valence-corrected chi connectivity index (χ0v) is 26.0. The Bertz CT molecular complexity index is 1400. The van der Waals surface area contributed by atoms with E-state index in [-0.39, 0.29) is 36.3 Å². The van der Waals surface area contributed by atoms with Crippen LogP contribution in [-0.2, 0) is 16.1 Å². The van der Waals surface area contributed by atoms with Crippen LogP contribution < -0.4 is 21.2 Å². The number of carbonyl (C=O) groups excluding carboxylic acids is 2. The highest BCUT2D eigenvalue weighted by Crippen LogP contribution is 2.41. The summed E-state index contributed by atoms with van der Waals surface area (Å²) < 4.78 is 24.3. The number of amides is 2. The number of ether oxygens (including phenoxy) is 2. The zero-order valence-electron chi connectivity index (χ0n) is 25.1. The Morgan fingerprint density at radius 2 is 1.84 bits per heavy atom. The molecule has 1 aliphatic carbocycles. The van der Waals surface area contributed by atoms with Crippen molar-refractivity contribution < 1.29 is 28.7 Å². The van der Waals surface area contributed by atoms with Gasteiger partial charge in [-0.25, -0.2) is 24.4 Å². The fraction of sp³-hybridized carbons (Fsp3) is 0.452. The number of rotatable bonds is 9. The molecule has 10 nitrogen and oxygen atoms in total. The Morgan fingerprint density at radius 3 is 2.51 bits per heavy atom. The van der Waals surface area contributed by atoms with Gasteiger partial charge in [-0.15, -0.1) is 11.3 Å². The maximum Gasteiger partial charge on any atom is 0.411 e. The third kappa shape index (κ3) is 9.37. The molecular formula is C31H40FN5O5S. The summed E-state index contributed by atoms with van der Waals surface area (Å²) in [4.78, 5) is 30.0. The molecule has 1 aliphatic rings. The van der Waals surface area contributed by atoms with Crippen LogP contribution in [0.3, 0.4) is 0 Å². The van der Waals surface area contributed by atoms with Gasteiger partial charge in [0, 0.05) is 40.5 Å². The van der Waals surface area contributed by atoms with E-state index in [9.17, 15) is 19.2 Å². The van der Waals surface area contributed by atoms with Gasteiger partial charge in [-0.3, -0.25) is 10.5 Å². The standard InChI is InChI=1S/C31H40FN5O5S/c1-19(2)42-30(39)34-22-12-10-20(11-13-22)28-33-17-27(43-28)24-15-14-23(16-26(24)37(40)36-31(3,4)5)35-29(38)41-18-21-8-6-7-9-25(21)32/h6-9,14-17,19-20,22,36,40H,10-13,18H2,1-5H3,(H,34,39)(H,35,38). The average molecular weight is 614 g/mol. The molecule has 4 rings (SSSR count). The summed E-state index contributed by atoms with van der Waals surface area (Å²) in [6.45, 7) is 9.17.